The molecule has 602 valence electrons. The molecule has 0 unspecified atom stereocenters. The number of nitrogens with zero attached hydrogens (tertiary/aromatic N) is 15. The van der Waals surface area contributed by atoms with Gasteiger partial charge in [0.2, 0.25) is 0 Å². The van der Waals surface area contributed by atoms with Crippen molar-refractivity contribution in [3.63, 3.8) is 0 Å². The summed E-state index contributed by atoms with van der Waals surface area (Å²) in [5.74, 6) is 3.87. The number of piperidine rings is 3. The molecule has 0 radical (unpaired) electrons. The van der Waals surface area contributed by atoms with Crippen LogP contribution in [-0.2, 0) is 52.4 Å². The van der Waals surface area contributed by atoms with Gasteiger partial charge >= 0.3 is 6.18 Å². The number of benzene rings is 8. The Hall–Kier alpha value is -7.92. The molecule has 5 saturated carbocycles. The van der Waals surface area contributed by atoms with Gasteiger partial charge in [0.15, 0.2) is 0 Å². The van der Waals surface area contributed by atoms with Crippen LogP contribution in [0.2, 0.25) is 20.1 Å². The average Bonchev–Trinajstić information content (AvgIpc) is 1.68. The lowest BCUT2D eigenvalue weighted by molar-refractivity contribution is -0.185. The van der Waals surface area contributed by atoms with Crippen molar-refractivity contribution < 1.29 is 17.6 Å². The van der Waals surface area contributed by atoms with Crippen LogP contribution >= 0.6 is 46.4 Å². The Kier molecular flexibility index (Phi) is 24.2. The summed E-state index contributed by atoms with van der Waals surface area (Å²) in [5.41, 5.74) is 20.8. The SMILES string of the molecule is CC1(C)CCN(Cc2ccc(-c3ccc4c(nnn4CC4CC4)c3Cl)cc2)CC1.Clc1c(-c2ccc(CN3CCC(C4CC4)CC3)cc2)ccc2c1nnn2CC1CC1.FC(F)(F)C1CCN(Cc2ccc(-c3ccc4c(nnn4CC4CC4)c3Cl)cc2)CC1.FCCNCc1ccc(-c2ccc3c(nnn3CC3CC3)c2Cl)cc1. The molecule has 0 bridgehead atoms. The zero-order valence-electron chi connectivity index (χ0n) is 65.8. The molecular weight excluding hydrogens is 1530 g/mol. The monoisotopic (exact) mass is 1630 g/mol. The summed E-state index contributed by atoms with van der Waals surface area (Å²) >= 11 is 26.8. The first-order chi connectivity index (χ1) is 55.9. The molecule has 0 atom stereocenters. The smallest absolute Gasteiger partial charge is 0.310 e. The molecular formula is C91H102Cl4F4N16. The fraction of sp³-hybridized carbons (Fsp3) is 0.473. The first-order valence-electron chi connectivity index (χ1n) is 41.8. The Labute approximate surface area is 690 Å². The molecule has 12 aromatic rings. The molecule has 24 heteroatoms. The van der Waals surface area contributed by atoms with E-state index in [1.54, 1.807) is 0 Å². The van der Waals surface area contributed by atoms with Crippen molar-refractivity contribution >= 4 is 90.5 Å². The number of hydrogen-bond acceptors (Lipinski definition) is 12. The molecule has 115 heavy (non-hydrogen) atoms. The highest BCUT2D eigenvalue weighted by molar-refractivity contribution is 6.39. The van der Waals surface area contributed by atoms with E-state index in [0.717, 1.165) is 169 Å². The van der Waals surface area contributed by atoms with Gasteiger partial charge in [0.1, 0.15) is 28.7 Å². The van der Waals surface area contributed by atoms with Gasteiger partial charge in [-0.3, -0.25) is 14.7 Å². The van der Waals surface area contributed by atoms with Crippen LogP contribution in [-0.4, -0.2) is 133 Å². The average molecular weight is 1640 g/mol. The summed E-state index contributed by atoms with van der Waals surface area (Å²) < 4.78 is 58.6. The lowest BCUT2D eigenvalue weighted by atomic mass is 9.82. The van der Waals surface area contributed by atoms with Crippen LogP contribution in [0.5, 0.6) is 0 Å². The molecule has 3 aliphatic heterocycles. The van der Waals surface area contributed by atoms with Gasteiger partial charge in [0.05, 0.1) is 48.1 Å². The molecule has 3 saturated heterocycles. The normalized spacial score (nSPS) is 18.6. The van der Waals surface area contributed by atoms with Crippen molar-refractivity contribution in [2.75, 3.05) is 52.5 Å². The molecule has 1 N–H and O–H groups in total. The summed E-state index contributed by atoms with van der Waals surface area (Å²) in [6.45, 7) is 17.7. The highest BCUT2D eigenvalue weighted by atomic mass is 35.5. The topological polar surface area (TPSA) is 145 Å². The van der Waals surface area contributed by atoms with E-state index < -0.39 is 12.1 Å². The number of likely N-dealkylation sites (tertiary alicyclic amines) is 3. The second kappa shape index (κ2) is 34.9. The number of rotatable bonds is 23. The van der Waals surface area contributed by atoms with E-state index in [4.69, 9.17) is 46.4 Å². The van der Waals surface area contributed by atoms with Crippen LogP contribution in [0.3, 0.4) is 0 Å². The van der Waals surface area contributed by atoms with Crippen LogP contribution in [0.1, 0.15) is 139 Å². The van der Waals surface area contributed by atoms with E-state index in [1.165, 1.54) is 127 Å². The van der Waals surface area contributed by atoms with Gasteiger partial charge in [-0.05, 0) is 252 Å². The van der Waals surface area contributed by atoms with Gasteiger partial charge in [-0.15, -0.1) is 20.4 Å². The van der Waals surface area contributed by atoms with Crippen molar-refractivity contribution in [1.82, 2.24) is 80.0 Å². The molecule has 0 amide bonds. The highest BCUT2D eigenvalue weighted by Gasteiger charge is 2.41. The van der Waals surface area contributed by atoms with Gasteiger partial charge in [-0.25, -0.2) is 23.1 Å². The summed E-state index contributed by atoms with van der Waals surface area (Å²) in [4.78, 5) is 7.27. The third-order valence-electron chi connectivity index (χ3n) is 25.1. The molecule has 7 heterocycles. The minimum absolute atomic E-state index is 0.179. The third-order valence-corrected chi connectivity index (χ3v) is 26.6. The molecule has 16 nitrogen and oxygen atoms in total. The van der Waals surface area contributed by atoms with Crippen LogP contribution in [0.4, 0.5) is 17.6 Å². The van der Waals surface area contributed by atoms with Crippen LogP contribution in [0.25, 0.3) is 88.6 Å². The third kappa shape index (κ3) is 19.6. The van der Waals surface area contributed by atoms with Gasteiger partial charge in [0, 0.05) is 81.2 Å². The maximum absolute atomic E-state index is 12.9. The fourth-order valence-corrected chi connectivity index (χ4v) is 18.0. The standard InChI is InChI=1S/C25H29ClN4.C24H29ClN4.C23H24ClF3N4.C19H20ClFN4/c26-24-22(9-10-23-25(24)27-28-30(23)16-18-1-2-18)21-5-3-17(4-6-21)15-29-13-11-20(12-14-29)19-7-8-19;1-24(2)11-13-28(14-12-24)15-17-5-7-19(8-6-17)20-9-10-21-23(22(20)25)26-27-29(21)16-18-3-4-18;24-21-19(7-8-20-22(21)28-29-31(20)14-16-1-2-16)17-5-3-15(4-6-17)13-30-11-9-18(10-12-30)23(25,26)27;20-18-16(15-5-3-13(4-6-15)11-22-10-9-21)7-8-17-19(18)23-24-25(17)12-14-1-2-14/h3-6,9-10,18-20H,1-2,7-8,11-16H2;5-10,18H,3-4,11-16H2,1-2H3;3-8,16,18H,1-2,9-14H2;3-8,14,22H,1-2,9-12H2. The maximum Gasteiger partial charge on any atom is 0.391 e. The molecule has 8 aliphatic rings. The van der Waals surface area contributed by atoms with Crippen LogP contribution in [0.15, 0.2) is 146 Å². The Morgan fingerprint density at radius 3 is 0.939 bits per heavy atom. The van der Waals surface area contributed by atoms with Crippen molar-refractivity contribution in [2.24, 2.45) is 46.8 Å². The first-order valence-corrected chi connectivity index (χ1v) is 43.3. The van der Waals surface area contributed by atoms with Crippen molar-refractivity contribution in [1.29, 1.82) is 0 Å². The van der Waals surface area contributed by atoms with Crippen molar-refractivity contribution in [3.05, 3.63) is 188 Å². The fourth-order valence-electron chi connectivity index (χ4n) is 16.8. The van der Waals surface area contributed by atoms with Gasteiger partial charge < -0.3 is 5.32 Å². The van der Waals surface area contributed by atoms with E-state index in [9.17, 15) is 17.6 Å². The lowest BCUT2D eigenvalue weighted by Crippen LogP contribution is -2.38. The van der Waals surface area contributed by atoms with E-state index >= 15 is 0 Å². The number of halogens is 8. The number of nitrogens with one attached hydrogen (secondary N) is 1. The molecule has 5 aliphatic carbocycles. The van der Waals surface area contributed by atoms with E-state index in [2.05, 4.69) is 154 Å². The van der Waals surface area contributed by atoms with Gasteiger partial charge in [0.25, 0.3) is 0 Å². The maximum atomic E-state index is 12.9. The Morgan fingerprint density at radius 1 is 0.365 bits per heavy atom. The van der Waals surface area contributed by atoms with Gasteiger partial charge in [-0.2, -0.15) is 13.2 Å². The number of hydrogen-bond donors (Lipinski definition) is 1. The Balaban J connectivity index is 0.000000111. The van der Waals surface area contributed by atoms with Crippen LogP contribution < -0.4 is 5.32 Å². The quantitative estimate of drug-likeness (QED) is 0.0481. The lowest BCUT2D eigenvalue weighted by Gasteiger charge is -2.36. The number of fused-ring (bicyclic) bond motifs is 4. The number of aromatic nitrogens is 12. The van der Waals surface area contributed by atoms with Crippen molar-refractivity contribution in [2.45, 2.75) is 175 Å². The zero-order valence-corrected chi connectivity index (χ0v) is 68.8. The molecule has 4 aromatic heterocycles. The minimum atomic E-state index is -4.07. The summed E-state index contributed by atoms with van der Waals surface area (Å²) in [7, 11) is 0. The summed E-state index contributed by atoms with van der Waals surface area (Å²) in [5, 5.41) is 40.3. The van der Waals surface area contributed by atoms with E-state index in [0.29, 0.717) is 64.1 Å². The predicted molar refractivity (Wildman–Crippen MR) is 454 cm³/mol. The van der Waals surface area contributed by atoms with Crippen LogP contribution in [0, 0.1) is 46.8 Å². The molecule has 8 fully saturated rings. The predicted octanol–water partition coefficient (Wildman–Crippen LogP) is 21.7. The Morgan fingerprint density at radius 2 is 0.652 bits per heavy atom. The minimum Gasteiger partial charge on any atom is -0.310 e. The molecule has 20 rings (SSSR count). The largest absolute Gasteiger partial charge is 0.391 e. The zero-order chi connectivity index (χ0) is 78.9. The summed E-state index contributed by atoms with van der Waals surface area (Å²) in [6, 6.07) is 50.6. The van der Waals surface area contributed by atoms with Crippen molar-refractivity contribution in [3.8, 4) is 44.5 Å². The molecule has 0 spiro atoms. The second-order valence-corrected chi connectivity index (χ2v) is 36.2. The summed E-state index contributed by atoms with van der Waals surface area (Å²) in [6.07, 6.45) is 14.9. The Bertz CT molecular complexity index is 5310. The first kappa shape index (κ1) is 79.5. The number of alkyl halides is 4. The van der Waals surface area contributed by atoms with E-state index in [-0.39, 0.29) is 19.5 Å². The van der Waals surface area contributed by atoms with Gasteiger partial charge in [-0.1, -0.05) is 202 Å². The molecule has 8 aromatic carbocycles. The van der Waals surface area contributed by atoms with E-state index in [1.807, 2.05) is 85.5 Å². The highest BCUT2D eigenvalue weighted by Crippen LogP contribution is 2.45. The second-order valence-electron chi connectivity index (χ2n) is 34.7.